The smallest absolute Gasteiger partial charge is 0.233 e. The highest BCUT2D eigenvalue weighted by atomic mass is 16.3. The molecule has 3 nitrogen and oxygen atoms in total. The van der Waals surface area contributed by atoms with E-state index >= 15 is 0 Å². The zero-order chi connectivity index (χ0) is 14.2. The molecule has 2 aliphatic carbocycles. The first-order valence-corrected chi connectivity index (χ1v) is 7.83. The molecular formula is C17H24NO2. The van der Waals surface area contributed by atoms with Crippen molar-refractivity contribution in [2.24, 2.45) is 5.41 Å². The fourth-order valence-corrected chi connectivity index (χ4v) is 3.78. The van der Waals surface area contributed by atoms with Crippen LogP contribution in [0.2, 0.25) is 0 Å². The summed E-state index contributed by atoms with van der Waals surface area (Å²) in [7, 11) is 0. The molecule has 3 heteroatoms. The first kappa shape index (κ1) is 13.9. The molecule has 1 saturated carbocycles. The SMILES string of the molecule is CC[C@]1(O)CC[C@@]2(CCN(C3=CC[CH]C=C3)C2=O)CC1. The summed E-state index contributed by atoms with van der Waals surface area (Å²) in [4.78, 5) is 14.8. The van der Waals surface area contributed by atoms with Crippen LogP contribution in [0, 0.1) is 11.8 Å². The van der Waals surface area contributed by atoms with Gasteiger partial charge in [-0.05, 0) is 57.4 Å². The predicted molar refractivity (Wildman–Crippen MR) is 78.6 cm³/mol. The predicted octanol–water partition coefficient (Wildman–Crippen LogP) is 2.97. The Balaban J connectivity index is 1.73. The van der Waals surface area contributed by atoms with Crippen LogP contribution in [-0.4, -0.2) is 28.1 Å². The van der Waals surface area contributed by atoms with Gasteiger partial charge in [0.15, 0.2) is 0 Å². The van der Waals surface area contributed by atoms with E-state index in [1.807, 2.05) is 24.0 Å². The molecule has 1 heterocycles. The molecule has 3 rings (SSSR count). The minimum absolute atomic E-state index is 0.197. The minimum Gasteiger partial charge on any atom is -0.390 e. The Kier molecular flexibility index (Phi) is 3.49. The van der Waals surface area contributed by atoms with Crippen LogP contribution in [0.5, 0.6) is 0 Å². The van der Waals surface area contributed by atoms with Crippen LogP contribution in [0.3, 0.4) is 0 Å². The van der Waals surface area contributed by atoms with Gasteiger partial charge in [0, 0.05) is 12.2 Å². The number of rotatable bonds is 2. The second kappa shape index (κ2) is 5.03. The third kappa shape index (κ3) is 2.22. The molecule has 0 aromatic rings. The van der Waals surface area contributed by atoms with Crippen molar-refractivity contribution in [1.82, 2.24) is 4.90 Å². The normalized spacial score (nSPS) is 37.6. The number of carbonyl (C=O) groups excluding carboxylic acids is 1. The monoisotopic (exact) mass is 274 g/mol. The molecule has 0 aromatic carbocycles. The second-order valence-corrected chi connectivity index (χ2v) is 6.52. The average molecular weight is 274 g/mol. The summed E-state index contributed by atoms with van der Waals surface area (Å²) in [5.41, 5.74) is 0.334. The molecule has 3 aliphatic rings. The van der Waals surface area contributed by atoms with E-state index < -0.39 is 5.60 Å². The zero-order valence-electron chi connectivity index (χ0n) is 12.3. The van der Waals surface area contributed by atoms with Crippen molar-refractivity contribution >= 4 is 5.91 Å². The van der Waals surface area contributed by atoms with Crippen LogP contribution in [0.1, 0.15) is 51.9 Å². The van der Waals surface area contributed by atoms with E-state index in [1.165, 1.54) is 0 Å². The van der Waals surface area contributed by atoms with Crippen molar-refractivity contribution < 1.29 is 9.90 Å². The van der Waals surface area contributed by atoms with E-state index in [0.29, 0.717) is 0 Å². The molecular weight excluding hydrogens is 250 g/mol. The van der Waals surface area contributed by atoms with Gasteiger partial charge in [0.1, 0.15) is 0 Å². The number of hydrogen-bond acceptors (Lipinski definition) is 2. The lowest BCUT2D eigenvalue weighted by Gasteiger charge is -2.40. The summed E-state index contributed by atoms with van der Waals surface area (Å²) in [5.74, 6) is 0.286. The maximum Gasteiger partial charge on any atom is 0.233 e. The third-order valence-electron chi connectivity index (χ3n) is 5.49. The average Bonchev–Trinajstić information content (AvgIpc) is 2.81. The van der Waals surface area contributed by atoms with Gasteiger partial charge in [-0.2, -0.15) is 0 Å². The molecule has 1 radical (unpaired) electrons. The van der Waals surface area contributed by atoms with E-state index in [-0.39, 0.29) is 11.3 Å². The van der Waals surface area contributed by atoms with Crippen molar-refractivity contribution in [2.45, 2.75) is 57.5 Å². The van der Waals surface area contributed by atoms with E-state index in [0.717, 1.165) is 57.2 Å². The number of hydrogen-bond donors (Lipinski definition) is 1. The van der Waals surface area contributed by atoms with Gasteiger partial charge < -0.3 is 10.0 Å². The Labute approximate surface area is 121 Å². The number of aliphatic hydroxyl groups is 1. The fraction of sp³-hybridized carbons (Fsp3) is 0.647. The molecule has 1 spiro atoms. The standard InChI is InChI=1S/C17H24NO2/c1-2-17(20)10-8-16(9-11-17)12-13-18(15(16)19)14-6-4-3-5-7-14/h3-4,6-7,20H,2,5,8-13H2,1H3/t16-,17-. The lowest BCUT2D eigenvalue weighted by atomic mass is 9.67. The lowest BCUT2D eigenvalue weighted by molar-refractivity contribution is -0.139. The first-order chi connectivity index (χ1) is 9.59. The van der Waals surface area contributed by atoms with Crippen molar-refractivity contribution in [2.75, 3.05) is 6.54 Å². The largest absolute Gasteiger partial charge is 0.390 e. The van der Waals surface area contributed by atoms with Crippen LogP contribution in [0.25, 0.3) is 0 Å². The Morgan fingerprint density at radius 2 is 2.00 bits per heavy atom. The van der Waals surface area contributed by atoms with Crippen LogP contribution in [-0.2, 0) is 4.79 Å². The number of nitrogens with zero attached hydrogens (tertiary/aromatic N) is 1. The van der Waals surface area contributed by atoms with Crippen LogP contribution in [0.4, 0.5) is 0 Å². The van der Waals surface area contributed by atoms with Crippen molar-refractivity contribution in [3.05, 3.63) is 30.3 Å². The number of carbonyl (C=O) groups is 1. The van der Waals surface area contributed by atoms with Crippen LogP contribution < -0.4 is 0 Å². The molecule has 109 valence electrons. The van der Waals surface area contributed by atoms with Gasteiger partial charge in [-0.25, -0.2) is 0 Å². The summed E-state index contributed by atoms with van der Waals surface area (Å²) >= 11 is 0. The van der Waals surface area contributed by atoms with Gasteiger partial charge in [0.2, 0.25) is 5.91 Å². The van der Waals surface area contributed by atoms with Gasteiger partial charge in [0.25, 0.3) is 0 Å². The van der Waals surface area contributed by atoms with Crippen molar-refractivity contribution in [3.63, 3.8) is 0 Å². The second-order valence-electron chi connectivity index (χ2n) is 6.52. The van der Waals surface area contributed by atoms with E-state index in [1.54, 1.807) is 0 Å². The van der Waals surface area contributed by atoms with Crippen LogP contribution in [0.15, 0.2) is 23.9 Å². The molecule has 20 heavy (non-hydrogen) atoms. The highest BCUT2D eigenvalue weighted by Crippen LogP contribution is 2.49. The Bertz CT molecular complexity index is 456. The molecule has 2 fully saturated rings. The molecule has 1 aliphatic heterocycles. The van der Waals surface area contributed by atoms with E-state index in [4.69, 9.17) is 0 Å². The summed E-state index contributed by atoms with van der Waals surface area (Å²) in [6, 6.07) is 0. The molecule has 0 unspecified atom stereocenters. The third-order valence-corrected chi connectivity index (χ3v) is 5.49. The Morgan fingerprint density at radius 3 is 2.60 bits per heavy atom. The van der Waals surface area contributed by atoms with Gasteiger partial charge in [-0.1, -0.05) is 19.1 Å². The fourth-order valence-electron chi connectivity index (χ4n) is 3.78. The summed E-state index contributed by atoms with van der Waals surface area (Å²) in [6.45, 7) is 2.87. The summed E-state index contributed by atoms with van der Waals surface area (Å²) in [5, 5.41) is 10.4. The van der Waals surface area contributed by atoms with E-state index in [9.17, 15) is 9.90 Å². The molecule has 1 N–H and O–H groups in total. The van der Waals surface area contributed by atoms with Gasteiger partial charge in [-0.15, -0.1) is 0 Å². The first-order valence-electron chi connectivity index (χ1n) is 7.83. The summed E-state index contributed by atoms with van der Waals surface area (Å²) in [6.07, 6.45) is 14.2. The lowest BCUT2D eigenvalue weighted by Crippen LogP contribution is -2.42. The number of allylic oxidation sites excluding steroid dienone is 3. The molecule has 0 aromatic heterocycles. The minimum atomic E-state index is -0.530. The molecule has 1 saturated heterocycles. The Hall–Kier alpha value is -1.09. The molecule has 0 bridgehead atoms. The molecule has 1 amide bonds. The quantitative estimate of drug-likeness (QED) is 0.841. The maximum absolute atomic E-state index is 12.8. The van der Waals surface area contributed by atoms with Crippen LogP contribution >= 0.6 is 0 Å². The van der Waals surface area contributed by atoms with Gasteiger partial charge >= 0.3 is 0 Å². The summed E-state index contributed by atoms with van der Waals surface area (Å²) < 4.78 is 0. The maximum atomic E-state index is 12.8. The molecule has 0 atom stereocenters. The highest BCUT2D eigenvalue weighted by Gasteiger charge is 2.51. The van der Waals surface area contributed by atoms with Gasteiger partial charge in [-0.3, -0.25) is 4.79 Å². The number of likely N-dealkylation sites (tertiary alicyclic amines) is 1. The highest BCUT2D eigenvalue weighted by molar-refractivity contribution is 5.87. The number of amides is 1. The topological polar surface area (TPSA) is 40.5 Å². The Morgan fingerprint density at radius 1 is 1.25 bits per heavy atom. The van der Waals surface area contributed by atoms with Crippen molar-refractivity contribution in [3.8, 4) is 0 Å². The van der Waals surface area contributed by atoms with Crippen molar-refractivity contribution in [1.29, 1.82) is 0 Å². The van der Waals surface area contributed by atoms with E-state index in [2.05, 4.69) is 12.5 Å². The van der Waals surface area contributed by atoms with Gasteiger partial charge in [0.05, 0.1) is 11.0 Å². The zero-order valence-corrected chi connectivity index (χ0v) is 12.3.